The van der Waals surface area contributed by atoms with Crippen molar-refractivity contribution in [3.8, 4) is 5.75 Å². The number of nitrogens with zero attached hydrogens (tertiary/aromatic N) is 2. The van der Waals surface area contributed by atoms with Gasteiger partial charge in [-0.05, 0) is 47.5 Å². The third-order valence-corrected chi connectivity index (χ3v) is 4.44. The lowest BCUT2D eigenvalue weighted by Crippen LogP contribution is -2.19. The van der Waals surface area contributed by atoms with Crippen LogP contribution in [0.4, 0.5) is 11.5 Å². The van der Waals surface area contributed by atoms with E-state index in [1.807, 2.05) is 74.4 Å². The van der Waals surface area contributed by atoms with Crippen LogP contribution < -0.4 is 15.0 Å². The molecule has 0 unspecified atom stereocenters. The van der Waals surface area contributed by atoms with Gasteiger partial charge in [-0.2, -0.15) is 0 Å². The van der Waals surface area contributed by atoms with Gasteiger partial charge in [-0.3, -0.25) is 4.79 Å². The number of hydrogen-bond acceptors (Lipinski definition) is 4. The highest BCUT2D eigenvalue weighted by Crippen LogP contribution is 2.26. The lowest BCUT2D eigenvalue weighted by molar-refractivity contribution is -0.117. The molecule has 0 bridgehead atoms. The molecule has 0 saturated heterocycles. The number of anilines is 2. The molecular formula is C21H23N3O2. The Balaban J connectivity index is 1.76. The van der Waals surface area contributed by atoms with Crippen molar-refractivity contribution < 1.29 is 9.53 Å². The second-order valence-electron chi connectivity index (χ2n) is 6.48. The maximum absolute atomic E-state index is 12.6. The Kier molecular flexibility index (Phi) is 5.07. The van der Waals surface area contributed by atoms with E-state index in [0.717, 1.165) is 27.9 Å². The summed E-state index contributed by atoms with van der Waals surface area (Å²) in [6, 6.07) is 15.7. The molecule has 26 heavy (non-hydrogen) atoms. The van der Waals surface area contributed by atoms with Crippen LogP contribution in [0.5, 0.6) is 5.75 Å². The fourth-order valence-corrected chi connectivity index (χ4v) is 2.77. The number of carbonyl (C=O) groups is 1. The molecule has 5 nitrogen and oxygen atoms in total. The number of nitrogens with one attached hydrogen (secondary N) is 1. The molecule has 1 amide bonds. The molecule has 0 spiro atoms. The quantitative estimate of drug-likeness (QED) is 0.755. The maximum Gasteiger partial charge on any atom is 0.231 e. The number of pyridine rings is 1. The number of carbonyl (C=O) groups excluding carboxylic acids is 1. The van der Waals surface area contributed by atoms with Crippen molar-refractivity contribution >= 4 is 28.2 Å². The molecule has 2 aromatic carbocycles. The summed E-state index contributed by atoms with van der Waals surface area (Å²) in [5, 5.41) is 5.10. The third-order valence-electron chi connectivity index (χ3n) is 4.44. The summed E-state index contributed by atoms with van der Waals surface area (Å²) in [5.74, 6) is 1.35. The van der Waals surface area contributed by atoms with Crippen LogP contribution in [0.3, 0.4) is 0 Å². The van der Waals surface area contributed by atoms with Gasteiger partial charge in [0.1, 0.15) is 11.6 Å². The number of ether oxygens (including phenoxy) is 1. The van der Waals surface area contributed by atoms with E-state index >= 15 is 0 Å². The zero-order valence-electron chi connectivity index (χ0n) is 15.5. The molecule has 0 radical (unpaired) electrons. The van der Waals surface area contributed by atoms with Gasteiger partial charge in [-0.1, -0.05) is 24.3 Å². The second kappa shape index (κ2) is 7.44. The summed E-state index contributed by atoms with van der Waals surface area (Å²) in [6.07, 6.45) is 1.67. The Labute approximate surface area is 153 Å². The van der Waals surface area contributed by atoms with Crippen LogP contribution in [0.25, 0.3) is 10.8 Å². The molecule has 0 aliphatic rings. The third kappa shape index (κ3) is 3.77. The Hall–Kier alpha value is -3.08. The van der Waals surface area contributed by atoms with Crippen LogP contribution in [-0.2, 0) is 4.79 Å². The van der Waals surface area contributed by atoms with Gasteiger partial charge < -0.3 is 15.0 Å². The Morgan fingerprint density at radius 2 is 1.81 bits per heavy atom. The van der Waals surface area contributed by atoms with E-state index in [9.17, 15) is 4.79 Å². The Bertz CT molecular complexity index is 920. The molecule has 1 N–H and O–H groups in total. The van der Waals surface area contributed by atoms with E-state index in [1.54, 1.807) is 13.3 Å². The zero-order chi connectivity index (χ0) is 18.7. The van der Waals surface area contributed by atoms with Gasteiger partial charge in [0.25, 0.3) is 0 Å². The van der Waals surface area contributed by atoms with Gasteiger partial charge in [-0.15, -0.1) is 0 Å². The van der Waals surface area contributed by atoms with E-state index in [2.05, 4.69) is 10.3 Å². The molecule has 1 heterocycles. The van der Waals surface area contributed by atoms with Gasteiger partial charge in [0.2, 0.25) is 5.91 Å². The highest BCUT2D eigenvalue weighted by atomic mass is 16.5. The molecular weight excluding hydrogens is 326 g/mol. The fourth-order valence-electron chi connectivity index (χ4n) is 2.77. The number of benzene rings is 2. The molecule has 0 aliphatic heterocycles. The van der Waals surface area contributed by atoms with Crippen LogP contribution >= 0.6 is 0 Å². The summed E-state index contributed by atoms with van der Waals surface area (Å²) in [6.45, 7) is 1.90. The molecule has 0 saturated carbocycles. The van der Waals surface area contributed by atoms with Crippen LogP contribution in [0.1, 0.15) is 18.4 Å². The minimum atomic E-state index is -0.268. The van der Waals surface area contributed by atoms with Crippen molar-refractivity contribution in [3.63, 3.8) is 0 Å². The molecule has 3 rings (SSSR count). The topological polar surface area (TPSA) is 54.5 Å². The first-order valence-electron chi connectivity index (χ1n) is 8.50. The van der Waals surface area contributed by atoms with Crippen LogP contribution in [0.15, 0.2) is 54.7 Å². The normalized spacial score (nSPS) is 11.8. The molecule has 134 valence electrons. The Morgan fingerprint density at radius 3 is 2.46 bits per heavy atom. The van der Waals surface area contributed by atoms with E-state index in [4.69, 9.17) is 4.74 Å². The van der Waals surface area contributed by atoms with Crippen molar-refractivity contribution in [2.45, 2.75) is 12.8 Å². The molecule has 1 atom stereocenters. The summed E-state index contributed by atoms with van der Waals surface area (Å²) in [7, 11) is 5.51. The lowest BCUT2D eigenvalue weighted by Gasteiger charge is -2.15. The summed E-state index contributed by atoms with van der Waals surface area (Å²) in [5.41, 5.74) is 1.66. The van der Waals surface area contributed by atoms with Gasteiger partial charge in [0.15, 0.2) is 0 Å². The summed E-state index contributed by atoms with van der Waals surface area (Å²) in [4.78, 5) is 18.8. The Morgan fingerprint density at radius 1 is 1.08 bits per heavy atom. The average molecular weight is 349 g/mol. The number of aromatic nitrogens is 1. The number of amides is 1. The highest BCUT2D eigenvalue weighted by molar-refractivity contribution is 5.96. The highest BCUT2D eigenvalue weighted by Gasteiger charge is 2.16. The molecule has 3 aromatic rings. The molecule has 0 aliphatic carbocycles. The number of hydrogen-bond donors (Lipinski definition) is 1. The van der Waals surface area contributed by atoms with Crippen molar-refractivity contribution in [2.75, 3.05) is 31.4 Å². The fraction of sp³-hybridized carbons (Fsp3) is 0.238. The predicted molar refractivity (Wildman–Crippen MR) is 106 cm³/mol. The monoisotopic (exact) mass is 349 g/mol. The van der Waals surface area contributed by atoms with Crippen molar-refractivity contribution in [3.05, 3.63) is 60.3 Å². The predicted octanol–water partition coefficient (Wildman–Crippen LogP) is 4.05. The first-order valence-corrected chi connectivity index (χ1v) is 8.50. The largest absolute Gasteiger partial charge is 0.497 e. The van der Waals surface area contributed by atoms with Crippen LogP contribution in [0, 0.1) is 0 Å². The smallest absolute Gasteiger partial charge is 0.231 e. The summed E-state index contributed by atoms with van der Waals surface area (Å²) < 4.78 is 5.25. The van der Waals surface area contributed by atoms with Crippen molar-refractivity contribution in [1.29, 1.82) is 0 Å². The van der Waals surface area contributed by atoms with Gasteiger partial charge in [-0.25, -0.2) is 4.98 Å². The maximum atomic E-state index is 12.6. The molecule has 5 heteroatoms. The van der Waals surface area contributed by atoms with Gasteiger partial charge in [0, 0.05) is 14.1 Å². The lowest BCUT2D eigenvalue weighted by atomic mass is 9.97. The first kappa shape index (κ1) is 17.7. The zero-order valence-corrected chi connectivity index (χ0v) is 15.5. The van der Waals surface area contributed by atoms with Gasteiger partial charge in [0.05, 0.1) is 24.9 Å². The average Bonchev–Trinajstić information content (AvgIpc) is 2.66. The van der Waals surface area contributed by atoms with E-state index in [1.165, 1.54) is 0 Å². The first-order chi connectivity index (χ1) is 12.5. The van der Waals surface area contributed by atoms with E-state index in [-0.39, 0.29) is 11.8 Å². The van der Waals surface area contributed by atoms with Crippen LogP contribution in [-0.4, -0.2) is 32.1 Å². The van der Waals surface area contributed by atoms with Gasteiger partial charge >= 0.3 is 0 Å². The molecule has 1 aromatic heterocycles. The minimum absolute atomic E-state index is 0.0581. The van der Waals surface area contributed by atoms with Crippen molar-refractivity contribution in [2.24, 2.45) is 0 Å². The number of methoxy groups -OCH3 is 1. The van der Waals surface area contributed by atoms with Crippen LogP contribution in [0.2, 0.25) is 0 Å². The number of fused-ring (bicyclic) bond motifs is 1. The summed E-state index contributed by atoms with van der Waals surface area (Å²) >= 11 is 0. The van der Waals surface area contributed by atoms with E-state index < -0.39 is 0 Å². The molecule has 0 fully saturated rings. The standard InChI is InChI=1S/C21H23N3O2/c1-14(21(25)23-18-8-10-20(22-13-18)24(2)3)15-5-6-17-12-19(26-4)9-7-16(17)11-15/h5-14H,1-4H3,(H,23,25)/t14-/m0/s1. The van der Waals surface area contributed by atoms with E-state index in [0.29, 0.717) is 5.69 Å². The minimum Gasteiger partial charge on any atom is -0.497 e. The number of rotatable bonds is 5. The van der Waals surface area contributed by atoms with Crippen molar-refractivity contribution in [1.82, 2.24) is 4.98 Å². The second-order valence-corrected chi connectivity index (χ2v) is 6.48. The SMILES string of the molecule is COc1ccc2cc([C@H](C)C(=O)Nc3ccc(N(C)C)nc3)ccc2c1.